The molecule has 2 rings (SSSR count). The number of amides is 1. The van der Waals surface area contributed by atoms with Gasteiger partial charge in [-0.2, -0.15) is 0 Å². The number of nitrogens with zero attached hydrogens (tertiary/aromatic N) is 1. The van der Waals surface area contributed by atoms with Crippen LogP contribution >= 0.6 is 0 Å². The third kappa shape index (κ3) is 3.21. The van der Waals surface area contributed by atoms with E-state index in [9.17, 15) is 4.79 Å². The van der Waals surface area contributed by atoms with Gasteiger partial charge in [-0.05, 0) is 25.8 Å². The van der Waals surface area contributed by atoms with E-state index in [-0.39, 0.29) is 0 Å². The van der Waals surface area contributed by atoms with Crippen molar-refractivity contribution in [2.75, 3.05) is 19.6 Å². The Labute approximate surface area is 98.6 Å². The van der Waals surface area contributed by atoms with Crippen LogP contribution in [-0.4, -0.2) is 36.5 Å². The predicted octanol–water partition coefficient (Wildman–Crippen LogP) is 1.92. The maximum Gasteiger partial charge on any atom is 0.222 e. The topological polar surface area (TPSA) is 32.3 Å². The standard InChI is InChI=1S/C13H24N2O/c16-13-8-5-9-14-10-11-15(13)12-6-3-1-2-4-7-12/h12,14H,1-11H2. The molecule has 1 heterocycles. The molecular formula is C13H24N2O. The van der Waals surface area contributed by atoms with Crippen molar-refractivity contribution in [1.29, 1.82) is 0 Å². The molecule has 3 heteroatoms. The Morgan fingerprint density at radius 2 is 1.75 bits per heavy atom. The van der Waals surface area contributed by atoms with Crippen molar-refractivity contribution in [3.05, 3.63) is 0 Å². The van der Waals surface area contributed by atoms with Gasteiger partial charge in [0.15, 0.2) is 0 Å². The summed E-state index contributed by atoms with van der Waals surface area (Å²) in [6, 6.07) is 0.537. The van der Waals surface area contributed by atoms with E-state index < -0.39 is 0 Å². The zero-order valence-corrected chi connectivity index (χ0v) is 10.2. The Balaban J connectivity index is 1.94. The third-order valence-electron chi connectivity index (χ3n) is 3.86. The number of hydrogen-bond acceptors (Lipinski definition) is 2. The van der Waals surface area contributed by atoms with Crippen molar-refractivity contribution >= 4 is 5.91 Å². The Hall–Kier alpha value is -0.570. The molecule has 1 N–H and O–H groups in total. The minimum atomic E-state index is 0.397. The summed E-state index contributed by atoms with van der Waals surface area (Å²) in [6.07, 6.45) is 9.53. The second-order valence-corrected chi connectivity index (χ2v) is 5.09. The molecule has 1 aliphatic heterocycles. The van der Waals surface area contributed by atoms with E-state index in [1.807, 2.05) is 0 Å². The van der Waals surface area contributed by atoms with Crippen LogP contribution in [0.25, 0.3) is 0 Å². The van der Waals surface area contributed by atoms with E-state index >= 15 is 0 Å². The van der Waals surface area contributed by atoms with Crippen LogP contribution in [0.1, 0.15) is 51.4 Å². The van der Waals surface area contributed by atoms with Crippen molar-refractivity contribution in [2.45, 2.75) is 57.4 Å². The first kappa shape index (κ1) is 11.9. The molecule has 1 amide bonds. The maximum absolute atomic E-state index is 12.1. The van der Waals surface area contributed by atoms with Gasteiger partial charge in [-0.15, -0.1) is 0 Å². The monoisotopic (exact) mass is 224 g/mol. The molecule has 0 aromatic heterocycles. The molecule has 2 fully saturated rings. The fraction of sp³-hybridized carbons (Fsp3) is 0.923. The smallest absolute Gasteiger partial charge is 0.222 e. The molecule has 0 bridgehead atoms. The van der Waals surface area contributed by atoms with Gasteiger partial charge in [0.2, 0.25) is 5.91 Å². The van der Waals surface area contributed by atoms with Gasteiger partial charge in [0.05, 0.1) is 0 Å². The van der Waals surface area contributed by atoms with Crippen LogP contribution in [0.5, 0.6) is 0 Å². The lowest BCUT2D eigenvalue weighted by Crippen LogP contribution is -2.45. The summed E-state index contributed by atoms with van der Waals surface area (Å²) in [4.78, 5) is 14.2. The van der Waals surface area contributed by atoms with E-state index in [0.29, 0.717) is 11.9 Å². The van der Waals surface area contributed by atoms with Gasteiger partial charge >= 0.3 is 0 Å². The van der Waals surface area contributed by atoms with Crippen molar-refractivity contribution in [3.8, 4) is 0 Å². The van der Waals surface area contributed by atoms with Crippen LogP contribution in [-0.2, 0) is 4.79 Å². The fourth-order valence-electron chi connectivity index (χ4n) is 2.91. The number of hydrogen-bond donors (Lipinski definition) is 1. The highest BCUT2D eigenvalue weighted by atomic mass is 16.2. The van der Waals surface area contributed by atoms with Gasteiger partial charge in [0, 0.05) is 25.6 Å². The lowest BCUT2D eigenvalue weighted by molar-refractivity contribution is -0.134. The van der Waals surface area contributed by atoms with Crippen molar-refractivity contribution in [2.24, 2.45) is 0 Å². The number of nitrogens with one attached hydrogen (secondary N) is 1. The summed E-state index contributed by atoms with van der Waals surface area (Å²) in [5, 5.41) is 3.40. The zero-order chi connectivity index (χ0) is 11.2. The number of carbonyl (C=O) groups excluding carboxylic acids is 1. The summed E-state index contributed by atoms with van der Waals surface area (Å²) in [5.74, 6) is 0.397. The minimum Gasteiger partial charge on any atom is -0.338 e. The minimum absolute atomic E-state index is 0.397. The largest absolute Gasteiger partial charge is 0.338 e. The molecule has 0 atom stereocenters. The molecule has 1 saturated heterocycles. The van der Waals surface area contributed by atoms with Crippen LogP contribution in [0.4, 0.5) is 0 Å². The molecular weight excluding hydrogens is 200 g/mol. The molecule has 0 unspecified atom stereocenters. The molecule has 1 saturated carbocycles. The molecule has 0 radical (unpaired) electrons. The van der Waals surface area contributed by atoms with Crippen LogP contribution in [0, 0.1) is 0 Å². The highest BCUT2D eigenvalue weighted by Crippen LogP contribution is 2.22. The lowest BCUT2D eigenvalue weighted by atomic mass is 10.1. The summed E-state index contributed by atoms with van der Waals surface area (Å²) in [6.45, 7) is 2.90. The van der Waals surface area contributed by atoms with E-state index in [1.165, 1.54) is 38.5 Å². The Morgan fingerprint density at radius 3 is 2.50 bits per heavy atom. The van der Waals surface area contributed by atoms with E-state index in [4.69, 9.17) is 0 Å². The molecule has 16 heavy (non-hydrogen) atoms. The molecule has 0 spiro atoms. The average Bonchev–Trinajstić information content (AvgIpc) is 2.53. The van der Waals surface area contributed by atoms with E-state index in [0.717, 1.165) is 32.5 Å². The molecule has 2 aliphatic rings. The Kier molecular flexibility index (Phi) is 4.64. The van der Waals surface area contributed by atoms with Crippen LogP contribution in [0.15, 0.2) is 0 Å². The SMILES string of the molecule is O=C1CCCNCCN1C1CCCCCC1. The van der Waals surface area contributed by atoms with Crippen molar-refractivity contribution in [1.82, 2.24) is 10.2 Å². The van der Waals surface area contributed by atoms with E-state index in [1.54, 1.807) is 0 Å². The lowest BCUT2D eigenvalue weighted by Gasteiger charge is -2.33. The average molecular weight is 224 g/mol. The normalized spacial score (nSPS) is 26.0. The predicted molar refractivity (Wildman–Crippen MR) is 65.3 cm³/mol. The number of rotatable bonds is 1. The second-order valence-electron chi connectivity index (χ2n) is 5.09. The van der Waals surface area contributed by atoms with Crippen molar-refractivity contribution < 1.29 is 4.79 Å². The van der Waals surface area contributed by atoms with Gasteiger partial charge < -0.3 is 10.2 Å². The summed E-state index contributed by atoms with van der Waals surface area (Å²) in [7, 11) is 0. The highest BCUT2D eigenvalue weighted by molar-refractivity contribution is 5.76. The fourth-order valence-corrected chi connectivity index (χ4v) is 2.91. The maximum atomic E-state index is 12.1. The van der Waals surface area contributed by atoms with Crippen molar-refractivity contribution in [3.63, 3.8) is 0 Å². The van der Waals surface area contributed by atoms with Crippen LogP contribution < -0.4 is 5.32 Å². The Morgan fingerprint density at radius 1 is 1.00 bits per heavy atom. The number of carbonyl (C=O) groups is 1. The quantitative estimate of drug-likeness (QED) is 0.690. The molecule has 92 valence electrons. The first-order chi connectivity index (χ1) is 7.88. The Bertz CT molecular complexity index is 222. The summed E-state index contributed by atoms with van der Waals surface area (Å²) in [5.41, 5.74) is 0. The second kappa shape index (κ2) is 6.24. The van der Waals surface area contributed by atoms with Crippen LogP contribution in [0.2, 0.25) is 0 Å². The molecule has 0 aromatic carbocycles. The summed E-state index contributed by atoms with van der Waals surface area (Å²) < 4.78 is 0. The first-order valence-corrected chi connectivity index (χ1v) is 6.88. The van der Waals surface area contributed by atoms with Gasteiger partial charge in [-0.25, -0.2) is 0 Å². The molecule has 3 nitrogen and oxygen atoms in total. The first-order valence-electron chi connectivity index (χ1n) is 6.88. The van der Waals surface area contributed by atoms with Gasteiger partial charge in [-0.3, -0.25) is 4.79 Å². The molecule has 0 aromatic rings. The van der Waals surface area contributed by atoms with Gasteiger partial charge in [0.25, 0.3) is 0 Å². The highest BCUT2D eigenvalue weighted by Gasteiger charge is 2.24. The third-order valence-corrected chi connectivity index (χ3v) is 3.86. The molecule has 1 aliphatic carbocycles. The van der Waals surface area contributed by atoms with E-state index in [2.05, 4.69) is 10.2 Å². The van der Waals surface area contributed by atoms with Gasteiger partial charge in [-0.1, -0.05) is 25.7 Å². The van der Waals surface area contributed by atoms with Crippen LogP contribution in [0.3, 0.4) is 0 Å². The summed E-state index contributed by atoms with van der Waals surface area (Å²) >= 11 is 0. The zero-order valence-electron chi connectivity index (χ0n) is 10.2. The van der Waals surface area contributed by atoms with Gasteiger partial charge in [0.1, 0.15) is 0 Å².